The Kier molecular flexibility index (Phi) is 3.30. The van der Waals surface area contributed by atoms with Crippen molar-refractivity contribution in [1.29, 1.82) is 0 Å². The number of hydrogen-bond donors (Lipinski definition) is 0. The van der Waals surface area contributed by atoms with Crippen LogP contribution in [0.3, 0.4) is 0 Å². The molecule has 0 aliphatic rings. The Bertz CT molecular complexity index is 744. The highest BCUT2D eigenvalue weighted by atomic mass is 16.1. The third-order valence-electron chi connectivity index (χ3n) is 3.60. The topological polar surface area (TPSA) is 30.0 Å². The lowest BCUT2D eigenvalue weighted by Crippen LogP contribution is -2.10. The molecule has 2 nitrogen and oxygen atoms in total. The van der Waals surface area contributed by atoms with Crippen LogP contribution in [0, 0.1) is 0 Å². The van der Waals surface area contributed by atoms with Crippen LogP contribution in [-0.2, 0) is 0 Å². The van der Waals surface area contributed by atoms with E-state index >= 15 is 0 Å². The lowest BCUT2D eigenvalue weighted by Gasteiger charge is -2.12. The van der Waals surface area contributed by atoms with Gasteiger partial charge in [0.15, 0.2) is 5.78 Å². The molecule has 1 atom stereocenters. The van der Waals surface area contributed by atoms with Gasteiger partial charge in [0.25, 0.3) is 0 Å². The Hall–Kier alpha value is -2.48. The highest BCUT2D eigenvalue weighted by molar-refractivity contribution is 6.10. The van der Waals surface area contributed by atoms with E-state index in [1.807, 2.05) is 67.6 Å². The molecule has 0 N–H and O–H groups in total. The normalized spacial score (nSPS) is 12.2. The van der Waals surface area contributed by atoms with E-state index in [1.54, 1.807) is 6.20 Å². The van der Waals surface area contributed by atoms with Crippen molar-refractivity contribution < 1.29 is 4.79 Å². The number of pyridine rings is 1. The molecule has 3 rings (SSSR count). The van der Waals surface area contributed by atoms with Crippen LogP contribution in [0.5, 0.6) is 0 Å². The first-order chi connectivity index (χ1) is 9.77. The second kappa shape index (κ2) is 5.25. The largest absolute Gasteiger partial charge is 0.293 e. The molecule has 0 fully saturated rings. The van der Waals surface area contributed by atoms with Crippen molar-refractivity contribution in [3.8, 4) is 0 Å². The fraction of sp³-hybridized carbons (Fsp3) is 0.111. The van der Waals surface area contributed by atoms with Crippen molar-refractivity contribution in [3.63, 3.8) is 0 Å². The van der Waals surface area contributed by atoms with Crippen molar-refractivity contribution in [1.82, 2.24) is 4.98 Å². The van der Waals surface area contributed by atoms with Crippen molar-refractivity contribution in [2.75, 3.05) is 0 Å². The molecule has 0 bridgehead atoms. The number of fused-ring (bicyclic) bond motifs is 1. The number of benzene rings is 2. The van der Waals surface area contributed by atoms with Crippen molar-refractivity contribution in [2.45, 2.75) is 12.8 Å². The van der Waals surface area contributed by atoms with Gasteiger partial charge in [-0.3, -0.25) is 9.78 Å². The molecule has 0 aliphatic carbocycles. The molecule has 1 aromatic heterocycles. The van der Waals surface area contributed by atoms with Crippen molar-refractivity contribution >= 4 is 16.7 Å². The van der Waals surface area contributed by atoms with E-state index < -0.39 is 0 Å². The molecular weight excluding hydrogens is 246 g/mol. The van der Waals surface area contributed by atoms with Crippen LogP contribution >= 0.6 is 0 Å². The van der Waals surface area contributed by atoms with E-state index in [0.717, 1.165) is 22.0 Å². The van der Waals surface area contributed by atoms with Crippen LogP contribution in [-0.4, -0.2) is 10.8 Å². The Morgan fingerprint density at radius 1 is 0.950 bits per heavy atom. The number of nitrogens with zero attached hydrogens (tertiary/aromatic N) is 1. The minimum absolute atomic E-state index is 0.134. The summed E-state index contributed by atoms with van der Waals surface area (Å²) in [5, 5.41) is 0.919. The van der Waals surface area contributed by atoms with Gasteiger partial charge < -0.3 is 0 Å². The molecular formula is C18H15NO. The number of carbonyl (C=O) groups is 1. The van der Waals surface area contributed by atoms with Gasteiger partial charge in [-0.05, 0) is 17.7 Å². The third kappa shape index (κ3) is 2.21. The first-order valence-electron chi connectivity index (χ1n) is 6.70. The second-order valence-electron chi connectivity index (χ2n) is 4.87. The summed E-state index contributed by atoms with van der Waals surface area (Å²) in [6, 6.07) is 19.4. The van der Waals surface area contributed by atoms with Gasteiger partial charge in [-0.15, -0.1) is 0 Å². The maximum atomic E-state index is 12.7. The Morgan fingerprint density at radius 3 is 2.55 bits per heavy atom. The molecule has 2 aromatic carbocycles. The van der Waals surface area contributed by atoms with Crippen molar-refractivity contribution in [2.24, 2.45) is 0 Å². The first-order valence-corrected chi connectivity index (χ1v) is 6.70. The summed E-state index contributed by atoms with van der Waals surface area (Å²) in [5.41, 5.74) is 2.64. The maximum Gasteiger partial charge on any atom is 0.170 e. The third-order valence-corrected chi connectivity index (χ3v) is 3.60. The molecule has 0 saturated carbocycles. The van der Waals surface area contributed by atoms with E-state index in [4.69, 9.17) is 0 Å². The summed E-state index contributed by atoms with van der Waals surface area (Å²) in [6.07, 6.45) is 1.75. The maximum absolute atomic E-state index is 12.7. The number of ketones is 1. The minimum atomic E-state index is -0.151. The molecule has 0 saturated heterocycles. The summed E-state index contributed by atoms with van der Waals surface area (Å²) in [7, 11) is 0. The van der Waals surface area contributed by atoms with Gasteiger partial charge in [-0.1, -0.05) is 55.5 Å². The Morgan fingerprint density at radius 2 is 1.75 bits per heavy atom. The molecule has 3 aromatic rings. The van der Waals surface area contributed by atoms with Crippen molar-refractivity contribution in [3.05, 3.63) is 78.0 Å². The van der Waals surface area contributed by atoms with Crippen LogP contribution in [0.25, 0.3) is 10.9 Å². The first kappa shape index (κ1) is 12.5. The molecule has 0 amide bonds. The van der Waals surface area contributed by atoms with Gasteiger partial charge in [0.1, 0.15) is 0 Å². The number of hydrogen-bond acceptors (Lipinski definition) is 2. The van der Waals surface area contributed by atoms with Gasteiger partial charge in [0, 0.05) is 23.1 Å². The highest BCUT2D eigenvalue weighted by Crippen LogP contribution is 2.24. The zero-order valence-electron chi connectivity index (χ0n) is 11.3. The van der Waals surface area contributed by atoms with Crippen LogP contribution in [0.2, 0.25) is 0 Å². The number of aromatic nitrogens is 1. The molecule has 1 heterocycles. The summed E-state index contributed by atoms with van der Waals surface area (Å²) in [4.78, 5) is 17.0. The fourth-order valence-electron chi connectivity index (χ4n) is 2.44. The van der Waals surface area contributed by atoms with Crippen LogP contribution in [0.1, 0.15) is 28.8 Å². The number of rotatable bonds is 3. The van der Waals surface area contributed by atoms with Crippen LogP contribution in [0.4, 0.5) is 0 Å². The molecule has 1 unspecified atom stereocenters. The highest BCUT2D eigenvalue weighted by Gasteiger charge is 2.18. The lowest BCUT2D eigenvalue weighted by molar-refractivity contribution is 0.0967. The van der Waals surface area contributed by atoms with E-state index in [-0.39, 0.29) is 11.7 Å². The zero-order valence-corrected chi connectivity index (χ0v) is 11.3. The molecule has 0 spiro atoms. The summed E-state index contributed by atoms with van der Waals surface area (Å²) in [5.74, 6) is -0.0168. The molecule has 0 aliphatic heterocycles. The monoisotopic (exact) mass is 261 g/mol. The predicted molar refractivity (Wildman–Crippen MR) is 80.9 cm³/mol. The average molecular weight is 261 g/mol. The van der Waals surface area contributed by atoms with E-state index in [0.29, 0.717) is 0 Å². The van der Waals surface area contributed by atoms with Gasteiger partial charge in [0.2, 0.25) is 0 Å². The smallest absolute Gasteiger partial charge is 0.170 e. The van der Waals surface area contributed by atoms with Gasteiger partial charge in [-0.2, -0.15) is 0 Å². The molecule has 20 heavy (non-hydrogen) atoms. The number of Topliss-reactive ketones (excluding diaryl/α,β-unsaturated/α-hetero) is 1. The predicted octanol–water partition coefficient (Wildman–Crippen LogP) is 4.22. The summed E-state index contributed by atoms with van der Waals surface area (Å²) >= 11 is 0. The fourth-order valence-corrected chi connectivity index (χ4v) is 2.44. The SMILES string of the molecule is CC(C(=O)c1cccc2ncccc12)c1ccccc1. The standard InChI is InChI=1S/C18H15NO/c1-13(14-7-3-2-4-8-14)18(20)16-9-5-11-17-15(16)10-6-12-19-17/h2-13H,1H3. The second-order valence-corrected chi connectivity index (χ2v) is 4.87. The lowest BCUT2D eigenvalue weighted by atomic mass is 9.90. The Balaban J connectivity index is 2.05. The van der Waals surface area contributed by atoms with Gasteiger partial charge in [0.05, 0.1) is 5.52 Å². The van der Waals surface area contributed by atoms with Gasteiger partial charge >= 0.3 is 0 Å². The van der Waals surface area contributed by atoms with Crippen LogP contribution < -0.4 is 0 Å². The molecule has 98 valence electrons. The molecule has 0 radical (unpaired) electrons. The van der Waals surface area contributed by atoms with E-state index in [1.165, 1.54) is 0 Å². The minimum Gasteiger partial charge on any atom is -0.293 e. The van der Waals surface area contributed by atoms with E-state index in [2.05, 4.69) is 4.98 Å². The van der Waals surface area contributed by atoms with Crippen LogP contribution in [0.15, 0.2) is 66.9 Å². The molecule has 2 heteroatoms. The number of carbonyl (C=O) groups excluding carboxylic acids is 1. The van der Waals surface area contributed by atoms with Gasteiger partial charge in [-0.25, -0.2) is 0 Å². The quantitative estimate of drug-likeness (QED) is 0.661. The summed E-state index contributed by atoms with van der Waals surface area (Å²) in [6.45, 7) is 1.95. The zero-order chi connectivity index (χ0) is 13.9. The average Bonchev–Trinajstić information content (AvgIpc) is 2.54. The van der Waals surface area contributed by atoms with E-state index in [9.17, 15) is 4.79 Å². The Labute approximate surface area is 118 Å². The summed E-state index contributed by atoms with van der Waals surface area (Å²) < 4.78 is 0.